The van der Waals surface area contributed by atoms with E-state index in [4.69, 9.17) is 0 Å². The summed E-state index contributed by atoms with van der Waals surface area (Å²) in [7, 11) is 5.94. The molecule has 0 aromatic carbocycles. The van der Waals surface area contributed by atoms with Gasteiger partial charge in [0.1, 0.15) is 0 Å². The van der Waals surface area contributed by atoms with Crippen molar-refractivity contribution in [3.63, 3.8) is 0 Å². The highest BCUT2D eigenvalue weighted by atomic mass is 32.1. The number of nitrogens with one attached hydrogen (secondary N) is 1. The molecule has 1 N–H and O–H groups in total. The van der Waals surface area contributed by atoms with Crippen LogP contribution in [0.5, 0.6) is 0 Å². The molecule has 0 radical (unpaired) electrons. The molecule has 122 valence electrons. The van der Waals surface area contributed by atoms with Crippen molar-refractivity contribution in [3.05, 3.63) is 11.1 Å². The Hall–Kier alpha value is -1.30. The number of aliphatic imine (C=N–C) groups is 1. The van der Waals surface area contributed by atoms with Crippen LogP contribution in [0.4, 0.5) is 5.13 Å². The maximum atomic E-state index is 4.62. The Kier molecular flexibility index (Phi) is 4.57. The van der Waals surface area contributed by atoms with Crippen LogP contribution in [-0.2, 0) is 6.54 Å². The van der Waals surface area contributed by atoms with Gasteiger partial charge >= 0.3 is 0 Å². The minimum Gasteiger partial charge on any atom is -0.354 e. The lowest BCUT2D eigenvalue weighted by Gasteiger charge is -2.25. The van der Waals surface area contributed by atoms with E-state index in [1.54, 1.807) is 11.3 Å². The number of rotatable bonds is 3. The fourth-order valence-corrected chi connectivity index (χ4v) is 4.49. The van der Waals surface area contributed by atoms with Crippen LogP contribution in [0.15, 0.2) is 10.4 Å². The van der Waals surface area contributed by atoms with Crippen LogP contribution in [-0.4, -0.2) is 50.1 Å². The van der Waals surface area contributed by atoms with Crippen LogP contribution < -0.4 is 10.2 Å². The number of thiazole rings is 1. The molecular formula is C16H27N5S. The molecule has 1 aliphatic heterocycles. The smallest absolute Gasteiger partial charge is 0.193 e. The highest BCUT2D eigenvalue weighted by Crippen LogP contribution is 2.45. The Labute approximate surface area is 137 Å². The predicted molar refractivity (Wildman–Crippen MR) is 93.7 cm³/mol. The molecule has 0 amide bonds. The van der Waals surface area contributed by atoms with Crippen molar-refractivity contribution in [3.8, 4) is 0 Å². The molecule has 1 aromatic heterocycles. The maximum absolute atomic E-state index is 4.62. The Morgan fingerprint density at radius 1 is 1.41 bits per heavy atom. The van der Waals surface area contributed by atoms with Gasteiger partial charge in [0.25, 0.3) is 0 Å². The first-order valence-electron chi connectivity index (χ1n) is 8.19. The molecular weight excluding hydrogens is 294 g/mol. The summed E-state index contributed by atoms with van der Waals surface area (Å²) in [5.41, 5.74) is 1.67. The van der Waals surface area contributed by atoms with Crippen molar-refractivity contribution in [2.24, 2.45) is 10.4 Å². The minimum atomic E-state index is 0.580. The van der Waals surface area contributed by atoms with Crippen molar-refractivity contribution < 1.29 is 0 Å². The van der Waals surface area contributed by atoms with E-state index in [1.807, 2.05) is 26.0 Å². The zero-order valence-electron chi connectivity index (χ0n) is 13.9. The molecule has 1 aliphatic carbocycles. The third-order valence-electron chi connectivity index (χ3n) is 4.96. The Morgan fingerprint density at radius 3 is 2.82 bits per heavy atom. The number of guanidine groups is 1. The average Bonchev–Trinajstić information content (AvgIpc) is 3.23. The van der Waals surface area contributed by atoms with Gasteiger partial charge in [-0.3, -0.25) is 4.99 Å². The van der Waals surface area contributed by atoms with Gasteiger partial charge in [-0.1, -0.05) is 12.8 Å². The van der Waals surface area contributed by atoms with Crippen LogP contribution in [0.1, 0.15) is 37.8 Å². The lowest BCUT2D eigenvalue weighted by atomic mass is 9.86. The van der Waals surface area contributed by atoms with Crippen LogP contribution >= 0.6 is 11.3 Å². The van der Waals surface area contributed by atoms with Gasteiger partial charge in [0, 0.05) is 39.6 Å². The summed E-state index contributed by atoms with van der Waals surface area (Å²) in [5.74, 6) is 1.03. The molecule has 0 unspecified atom stereocenters. The van der Waals surface area contributed by atoms with Crippen LogP contribution in [0.3, 0.4) is 0 Å². The zero-order chi connectivity index (χ0) is 15.6. The average molecular weight is 321 g/mol. The summed E-state index contributed by atoms with van der Waals surface area (Å²) in [6.07, 6.45) is 6.95. The molecule has 1 saturated heterocycles. The highest BCUT2D eigenvalue weighted by Gasteiger charge is 2.41. The molecule has 0 bridgehead atoms. The third-order valence-corrected chi connectivity index (χ3v) is 6.02. The molecule has 2 aliphatic rings. The molecule has 2 heterocycles. The number of hydrogen-bond donors (Lipinski definition) is 1. The highest BCUT2D eigenvalue weighted by molar-refractivity contribution is 7.13. The van der Waals surface area contributed by atoms with Gasteiger partial charge in [-0.2, -0.15) is 0 Å². The number of aromatic nitrogens is 1. The summed E-state index contributed by atoms with van der Waals surface area (Å²) in [4.78, 5) is 13.6. The van der Waals surface area contributed by atoms with Gasteiger partial charge in [0.2, 0.25) is 0 Å². The minimum absolute atomic E-state index is 0.580. The standard InChI is InChI=1S/C16H27N5S/c1-17-14(18-10-13-11-22-15(19-13)20(2)3)21-9-8-16(12-21)6-4-5-7-16/h11H,4-10,12H2,1-3H3,(H,17,18). The third kappa shape index (κ3) is 3.21. The van der Waals surface area contributed by atoms with E-state index in [1.165, 1.54) is 38.6 Å². The van der Waals surface area contributed by atoms with E-state index < -0.39 is 0 Å². The molecule has 0 atom stereocenters. The summed E-state index contributed by atoms with van der Waals surface area (Å²) < 4.78 is 0. The normalized spacial score (nSPS) is 20.9. The molecule has 6 heteroatoms. The maximum Gasteiger partial charge on any atom is 0.193 e. The molecule has 22 heavy (non-hydrogen) atoms. The van der Waals surface area contributed by atoms with Crippen molar-refractivity contribution >= 4 is 22.4 Å². The lowest BCUT2D eigenvalue weighted by molar-refractivity contribution is 0.309. The van der Waals surface area contributed by atoms with Gasteiger partial charge in [0.15, 0.2) is 11.1 Å². The topological polar surface area (TPSA) is 43.8 Å². The number of hydrogen-bond acceptors (Lipinski definition) is 4. The summed E-state index contributed by atoms with van der Waals surface area (Å²) in [6.45, 7) is 3.06. The molecule has 1 aromatic rings. The van der Waals surface area contributed by atoms with Gasteiger partial charge in [0.05, 0.1) is 12.2 Å². The Morgan fingerprint density at radius 2 is 2.18 bits per heavy atom. The SMILES string of the molecule is CN=C(NCc1csc(N(C)C)n1)N1CCC2(CCCC2)C1. The number of anilines is 1. The Balaban J connectivity index is 1.56. The molecule has 2 fully saturated rings. The molecule has 1 saturated carbocycles. The van der Waals surface area contributed by atoms with Crippen LogP contribution in [0, 0.1) is 5.41 Å². The second-order valence-electron chi connectivity index (χ2n) is 6.80. The second kappa shape index (κ2) is 6.44. The van der Waals surface area contributed by atoms with Crippen molar-refractivity contribution in [2.45, 2.75) is 38.6 Å². The van der Waals surface area contributed by atoms with E-state index in [2.05, 4.69) is 25.6 Å². The molecule has 3 rings (SSSR count). The molecule has 5 nitrogen and oxygen atoms in total. The zero-order valence-corrected chi connectivity index (χ0v) is 14.7. The monoisotopic (exact) mass is 321 g/mol. The van der Waals surface area contributed by atoms with Crippen LogP contribution in [0.2, 0.25) is 0 Å². The van der Waals surface area contributed by atoms with E-state index in [-0.39, 0.29) is 0 Å². The number of likely N-dealkylation sites (tertiary alicyclic amines) is 1. The predicted octanol–water partition coefficient (Wildman–Crippen LogP) is 2.55. The fourth-order valence-electron chi connectivity index (χ4n) is 3.73. The van der Waals surface area contributed by atoms with Crippen LogP contribution in [0.25, 0.3) is 0 Å². The number of nitrogens with zero attached hydrogens (tertiary/aromatic N) is 4. The Bertz CT molecular complexity index is 530. The summed E-state index contributed by atoms with van der Waals surface area (Å²) in [6, 6.07) is 0. The largest absolute Gasteiger partial charge is 0.354 e. The second-order valence-corrected chi connectivity index (χ2v) is 7.63. The summed E-state index contributed by atoms with van der Waals surface area (Å²) >= 11 is 1.69. The first-order valence-corrected chi connectivity index (χ1v) is 9.07. The quantitative estimate of drug-likeness (QED) is 0.686. The van der Waals surface area contributed by atoms with Gasteiger partial charge in [-0.15, -0.1) is 11.3 Å². The van der Waals surface area contributed by atoms with Gasteiger partial charge in [-0.05, 0) is 24.7 Å². The van der Waals surface area contributed by atoms with E-state index in [0.29, 0.717) is 5.41 Å². The first kappa shape index (κ1) is 15.6. The van der Waals surface area contributed by atoms with Gasteiger partial charge < -0.3 is 15.1 Å². The van der Waals surface area contributed by atoms with Crippen molar-refractivity contribution in [1.82, 2.24) is 15.2 Å². The summed E-state index contributed by atoms with van der Waals surface area (Å²) in [5, 5.41) is 6.66. The van der Waals surface area contributed by atoms with Gasteiger partial charge in [-0.25, -0.2) is 4.98 Å². The lowest BCUT2D eigenvalue weighted by Crippen LogP contribution is -2.40. The van der Waals surface area contributed by atoms with E-state index in [0.717, 1.165) is 29.9 Å². The molecule has 1 spiro atoms. The van der Waals surface area contributed by atoms with E-state index in [9.17, 15) is 0 Å². The van der Waals surface area contributed by atoms with Crippen molar-refractivity contribution in [2.75, 3.05) is 39.1 Å². The first-order chi connectivity index (χ1) is 10.6. The van der Waals surface area contributed by atoms with E-state index >= 15 is 0 Å². The fraction of sp³-hybridized carbons (Fsp3) is 0.750. The van der Waals surface area contributed by atoms with Crippen molar-refractivity contribution in [1.29, 1.82) is 0 Å².